The number of aryl methyl sites for hydroxylation is 1. The highest BCUT2D eigenvalue weighted by Gasteiger charge is 2.40. The first-order valence-corrected chi connectivity index (χ1v) is 11.9. The van der Waals surface area contributed by atoms with Gasteiger partial charge in [0.15, 0.2) is 11.5 Å². The lowest BCUT2D eigenvalue weighted by Gasteiger charge is -2.30. The van der Waals surface area contributed by atoms with Crippen LogP contribution in [0.4, 0.5) is 5.69 Å². The predicted octanol–water partition coefficient (Wildman–Crippen LogP) is 4.97. The Bertz CT molecular complexity index is 1130. The number of pyridine rings is 1. The molecular weight excluding hydrogens is 414 g/mol. The molecule has 1 saturated heterocycles. The van der Waals surface area contributed by atoms with Crippen molar-refractivity contribution in [1.82, 2.24) is 9.47 Å². The standard InChI is InChI=1S/C27H33N3O3/c1-18-9-12-29(13-10-18)14-15-33-24-17-21(7-8-23(24)32-4)30-19(2)25-22(27(30)31)16-20-6-5-11-28(3)26(20)25/h5-8,11,16-19H,9-10,12-15H2,1-4H3. The minimum Gasteiger partial charge on any atom is -0.493 e. The van der Waals surface area contributed by atoms with Gasteiger partial charge in [0.2, 0.25) is 0 Å². The van der Waals surface area contributed by atoms with E-state index in [0.717, 1.165) is 53.6 Å². The number of nitrogens with zero attached hydrogens (tertiary/aromatic N) is 3. The van der Waals surface area contributed by atoms with Crippen molar-refractivity contribution < 1.29 is 14.3 Å². The number of rotatable bonds is 6. The van der Waals surface area contributed by atoms with Gasteiger partial charge in [-0.25, -0.2) is 0 Å². The number of hydrogen-bond acceptors (Lipinski definition) is 4. The Morgan fingerprint density at radius 3 is 2.61 bits per heavy atom. The first kappa shape index (κ1) is 21.8. The number of carbonyl (C=O) groups is 1. The second kappa shape index (κ2) is 8.75. The summed E-state index contributed by atoms with van der Waals surface area (Å²) >= 11 is 0. The molecule has 3 heterocycles. The number of fused-ring (bicyclic) bond motifs is 3. The average molecular weight is 448 g/mol. The summed E-state index contributed by atoms with van der Waals surface area (Å²) in [6.45, 7) is 8.19. The van der Waals surface area contributed by atoms with Crippen molar-refractivity contribution in [3.8, 4) is 22.8 Å². The number of anilines is 1. The number of carbonyl (C=O) groups excluding carboxylic acids is 1. The van der Waals surface area contributed by atoms with Crippen LogP contribution < -0.4 is 14.4 Å². The van der Waals surface area contributed by atoms with E-state index in [0.29, 0.717) is 18.1 Å². The van der Waals surface area contributed by atoms with Crippen molar-refractivity contribution in [3.05, 3.63) is 53.7 Å². The number of amides is 1. The molecule has 6 heteroatoms. The van der Waals surface area contributed by atoms with Crippen molar-refractivity contribution in [3.63, 3.8) is 0 Å². The van der Waals surface area contributed by atoms with Gasteiger partial charge in [0.1, 0.15) is 6.61 Å². The number of hydrogen-bond donors (Lipinski definition) is 0. The summed E-state index contributed by atoms with van der Waals surface area (Å²) in [6, 6.07) is 11.8. The molecule has 1 unspecified atom stereocenters. The second-order valence-electron chi connectivity index (χ2n) is 9.45. The van der Waals surface area contributed by atoms with Gasteiger partial charge in [-0.15, -0.1) is 0 Å². The normalized spacial score (nSPS) is 19.3. The largest absolute Gasteiger partial charge is 0.493 e. The molecule has 5 rings (SSSR count). The monoisotopic (exact) mass is 447 g/mol. The molecule has 1 aromatic carbocycles. The lowest BCUT2D eigenvalue weighted by atomic mass is 9.99. The minimum absolute atomic E-state index is 0.0345. The molecule has 33 heavy (non-hydrogen) atoms. The molecule has 1 amide bonds. The molecule has 1 fully saturated rings. The Morgan fingerprint density at radius 1 is 1.06 bits per heavy atom. The quantitative estimate of drug-likeness (QED) is 0.535. The van der Waals surface area contributed by atoms with E-state index in [9.17, 15) is 4.79 Å². The van der Waals surface area contributed by atoms with E-state index < -0.39 is 0 Å². The zero-order chi connectivity index (χ0) is 23.1. The van der Waals surface area contributed by atoms with Crippen LogP contribution in [0.1, 0.15) is 48.7 Å². The van der Waals surface area contributed by atoms with Gasteiger partial charge in [0.05, 0.1) is 18.8 Å². The summed E-state index contributed by atoms with van der Waals surface area (Å²) in [5.74, 6) is 2.23. The van der Waals surface area contributed by atoms with Gasteiger partial charge in [0.25, 0.3) is 5.91 Å². The van der Waals surface area contributed by atoms with Gasteiger partial charge >= 0.3 is 0 Å². The summed E-state index contributed by atoms with van der Waals surface area (Å²) in [4.78, 5) is 17.8. The third-order valence-corrected chi connectivity index (χ3v) is 7.28. The topological polar surface area (TPSA) is 46.9 Å². The highest BCUT2D eigenvalue weighted by molar-refractivity contribution is 6.14. The molecule has 1 atom stereocenters. The lowest BCUT2D eigenvalue weighted by Crippen LogP contribution is -2.35. The van der Waals surface area contributed by atoms with E-state index in [1.807, 2.05) is 48.5 Å². The summed E-state index contributed by atoms with van der Waals surface area (Å²) < 4.78 is 13.8. The van der Waals surface area contributed by atoms with Crippen molar-refractivity contribution in [1.29, 1.82) is 0 Å². The van der Waals surface area contributed by atoms with Crippen LogP contribution in [-0.2, 0) is 7.05 Å². The third kappa shape index (κ3) is 3.86. The summed E-state index contributed by atoms with van der Waals surface area (Å²) in [6.07, 6.45) is 4.54. The van der Waals surface area contributed by atoms with E-state index >= 15 is 0 Å². The van der Waals surface area contributed by atoms with Crippen LogP contribution >= 0.6 is 0 Å². The SMILES string of the molecule is COc1ccc(N2C(=O)c3cc4cccn(C)c-4c3C2C)cc1OCCN1CCC(C)CC1. The second-order valence-corrected chi connectivity index (χ2v) is 9.45. The van der Waals surface area contributed by atoms with Gasteiger partial charge in [-0.1, -0.05) is 13.0 Å². The van der Waals surface area contributed by atoms with Gasteiger partial charge in [-0.05, 0) is 68.6 Å². The van der Waals surface area contributed by atoms with Crippen LogP contribution in [0.15, 0.2) is 42.6 Å². The Labute approximate surface area is 196 Å². The van der Waals surface area contributed by atoms with Crippen molar-refractivity contribution in [2.24, 2.45) is 13.0 Å². The lowest BCUT2D eigenvalue weighted by molar-refractivity contribution is 0.0992. The molecule has 3 aliphatic heterocycles. The Hall–Kier alpha value is -2.99. The molecular formula is C27H33N3O3. The number of ether oxygens (including phenoxy) is 2. The summed E-state index contributed by atoms with van der Waals surface area (Å²) in [5, 5.41) is 0. The van der Waals surface area contributed by atoms with Crippen molar-refractivity contribution in [2.45, 2.75) is 32.7 Å². The number of piperidine rings is 1. The van der Waals surface area contributed by atoms with Crippen LogP contribution in [0.5, 0.6) is 11.5 Å². The highest BCUT2D eigenvalue weighted by atomic mass is 16.5. The molecule has 6 nitrogen and oxygen atoms in total. The minimum atomic E-state index is -0.0600. The smallest absolute Gasteiger partial charge is 0.259 e. The average Bonchev–Trinajstić information content (AvgIpc) is 3.31. The third-order valence-electron chi connectivity index (χ3n) is 7.28. The van der Waals surface area contributed by atoms with E-state index in [2.05, 4.69) is 29.4 Å². The van der Waals surface area contributed by atoms with Crippen molar-refractivity contribution >= 4 is 11.6 Å². The van der Waals surface area contributed by atoms with Gasteiger partial charge in [-0.3, -0.25) is 9.69 Å². The fourth-order valence-electron chi connectivity index (χ4n) is 5.33. The summed E-state index contributed by atoms with van der Waals surface area (Å²) in [5.41, 5.74) is 4.94. The van der Waals surface area contributed by atoms with E-state index in [1.165, 1.54) is 12.8 Å². The first-order chi connectivity index (χ1) is 16.0. The molecule has 0 aromatic heterocycles. The fraction of sp³-hybridized carbons (Fsp3) is 0.444. The molecule has 0 saturated carbocycles. The van der Waals surface area contributed by atoms with Crippen LogP contribution in [-0.4, -0.2) is 48.7 Å². The van der Waals surface area contributed by atoms with Gasteiger partial charge in [0, 0.05) is 42.7 Å². The maximum absolute atomic E-state index is 13.4. The van der Waals surface area contributed by atoms with Crippen molar-refractivity contribution in [2.75, 3.05) is 38.3 Å². The fourth-order valence-corrected chi connectivity index (χ4v) is 5.33. The number of aromatic nitrogens is 1. The summed E-state index contributed by atoms with van der Waals surface area (Å²) in [7, 11) is 3.68. The zero-order valence-electron chi connectivity index (χ0n) is 20.0. The number of likely N-dealkylation sites (tertiary alicyclic amines) is 1. The van der Waals surface area contributed by atoms with Crippen LogP contribution in [0.25, 0.3) is 11.3 Å². The number of methoxy groups -OCH3 is 1. The Morgan fingerprint density at radius 2 is 1.85 bits per heavy atom. The molecule has 1 aliphatic carbocycles. The first-order valence-electron chi connectivity index (χ1n) is 11.9. The van der Waals surface area contributed by atoms with Gasteiger partial charge < -0.3 is 18.9 Å². The van der Waals surface area contributed by atoms with Crippen LogP contribution in [0.3, 0.4) is 0 Å². The number of benzene rings is 1. The van der Waals surface area contributed by atoms with Crippen LogP contribution in [0, 0.1) is 5.92 Å². The molecule has 1 aromatic rings. The molecule has 0 N–H and O–H groups in total. The molecule has 174 valence electrons. The molecule has 0 bridgehead atoms. The predicted molar refractivity (Wildman–Crippen MR) is 131 cm³/mol. The van der Waals surface area contributed by atoms with E-state index in [-0.39, 0.29) is 11.9 Å². The zero-order valence-corrected chi connectivity index (χ0v) is 20.0. The Kier molecular flexibility index (Phi) is 5.79. The van der Waals surface area contributed by atoms with E-state index in [1.54, 1.807) is 7.11 Å². The molecule has 0 radical (unpaired) electrons. The molecule has 0 spiro atoms. The van der Waals surface area contributed by atoms with Gasteiger partial charge in [-0.2, -0.15) is 0 Å². The Balaban J connectivity index is 1.37. The van der Waals surface area contributed by atoms with E-state index in [4.69, 9.17) is 9.47 Å². The highest BCUT2D eigenvalue weighted by Crippen LogP contribution is 2.46. The maximum Gasteiger partial charge on any atom is 0.259 e. The molecule has 4 aliphatic rings. The van der Waals surface area contributed by atoms with Crippen LogP contribution in [0.2, 0.25) is 0 Å². The maximum atomic E-state index is 13.4.